The average molecular weight is 464 g/mol. The number of aryl methyl sites for hydroxylation is 1. The normalized spacial score (nSPS) is 13.5. The number of aromatic nitrogens is 4. The first kappa shape index (κ1) is 22.5. The van der Waals surface area contributed by atoms with Crippen molar-refractivity contribution in [2.45, 2.75) is 19.3 Å². The first-order valence-electron chi connectivity index (χ1n) is 10.8. The molecule has 0 aliphatic carbocycles. The summed E-state index contributed by atoms with van der Waals surface area (Å²) in [5.41, 5.74) is 10.5. The second kappa shape index (κ2) is 9.46. The first-order valence-corrected chi connectivity index (χ1v) is 10.8. The van der Waals surface area contributed by atoms with E-state index >= 15 is 0 Å². The van der Waals surface area contributed by atoms with Gasteiger partial charge in [-0.1, -0.05) is 0 Å². The molecule has 0 unspecified atom stereocenters. The SMILES string of the molecule is Cl.Cn1cc2cc(NC(=O)c3cc(-c4ccc(N)nc4)ccn3)c(N3CCCCC3)cc2n1. The van der Waals surface area contributed by atoms with Gasteiger partial charge in [-0.15, -0.1) is 12.4 Å². The van der Waals surface area contributed by atoms with Gasteiger partial charge in [-0.2, -0.15) is 5.10 Å². The van der Waals surface area contributed by atoms with Gasteiger partial charge in [0, 0.05) is 49.7 Å². The van der Waals surface area contributed by atoms with Crippen LogP contribution in [0.15, 0.2) is 55.0 Å². The maximum Gasteiger partial charge on any atom is 0.274 e. The number of hydrogen-bond donors (Lipinski definition) is 2. The molecular weight excluding hydrogens is 438 g/mol. The molecule has 170 valence electrons. The molecule has 0 saturated carbocycles. The van der Waals surface area contributed by atoms with Gasteiger partial charge in [0.2, 0.25) is 0 Å². The van der Waals surface area contributed by atoms with E-state index < -0.39 is 0 Å². The third kappa shape index (κ3) is 4.75. The molecule has 1 saturated heterocycles. The van der Waals surface area contributed by atoms with E-state index in [0.717, 1.165) is 59.3 Å². The number of carbonyl (C=O) groups excluding carboxylic acids is 1. The molecule has 8 nitrogen and oxygen atoms in total. The number of anilines is 3. The summed E-state index contributed by atoms with van der Waals surface area (Å²) in [7, 11) is 1.90. The molecule has 1 fully saturated rings. The van der Waals surface area contributed by atoms with Crippen molar-refractivity contribution < 1.29 is 4.79 Å². The Morgan fingerprint density at radius 1 is 1.03 bits per heavy atom. The van der Waals surface area contributed by atoms with Crippen molar-refractivity contribution in [1.82, 2.24) is 19.7 Å². The number of amides is 1. The summed E-state index contributed by atoms with van der Waals surface area (Å²) in [5, 5.41) is 8.63. The van der Waals surface area contributed by atoms with E-state index in [1.54, 1.807) is 29.2 Å². The number of halogens is 1. The minimum absolute atomic E-state index is 0. The number of rotatable bonds is 4. The van der Waals surface area contributed by atoms with Crippen molar-refractivity contribution in [2.24, 2.45) is 7.05 Å². The smallest absolute Gasteiger partial charge is 0.274 e. The standard InChI is InChI=1S/C24H25N7O.ClH/c1-30-15-18-12-20(22(13-19(18)29-30)31-9-3-2-4-10-31)28-24(32)21-11-16(7-8-26-21)17-5-6-23(25)27-14-17;/h5-8,11-15H,2-4,9-10H2,1H3,(H2,25,27)(H,28,32);1H. The molecule has 1 aliphatic heterocycles. The Kier molecular flexibility index (Phi) is 6.46. The molecule has 3 aromatic heterocycles. The molecule has 4 heterocycles. The number of nitrogen functional groups attached to an aromatic ring is 1. The van der Waals surface area contributed by atoms with Crippen LogP contribution in [0.25, 0.3) is 22.0 Å². The van der Waals surface area contributed by atoms with Crippen molar-refractivity contribution in [2.75, 3.05) is 29.0 Å². The second-order valence-corrected chi connectivity index (χ2v) is 8.13. The monoisotopic (exact) mass is 463 g/mol. The van der Waals surface area contributed by atoms with Gasteiger partial charge in [0.15, 0.2) is 0 Å². The predicted octanol–water partition coefficient (Wildman–Crippen LogP) is 4.28. The molecule has 9 heteroatoms. The number of hydrogen-bond acceptors (Lipinski definition) is 6. The number of nitrogens with zero attached hydrogens (tertiary/aromatic N) is 5. The molecular formula is C24H26ClN7O. The van der Waals surface area contributed by atoms with Gasteiger partial charge in [-0.25, -0.2) is 4.98 Å². The van der Waals surface area contributed by atoms with Crippen LogP contribution in [0.1, 0.15) is 29.8 Å². The van der Waals surface area contributed by atoms with E-state index in [4.69, 9.17) is 5.73 Å². The minimum atomic E-state index is -0.253. The van der Waals surface area contributed by atoms with Gasteiger partial charge in [0.05, 0.1) is 16.9 Å². The number of benzene rings is 1. The molecule has 0 bridgehead atoms. The lowest BCUT2D eigenvalue weighted by Gasteiger charge is -2.30. The average Bonchev–Trinajstić information content (AvgIpc) is 3.18. The summed E-state index contributed by atoms with van der Waals surface area (Å²) in [4.78, 5) is 23.9. The fourth-order valence-corrected chi connectivity index (χ4v) is 4.18. The van der Waals surface area contributed by atoms with Crippen LogP contribution in [0.4, 0.5) is 17.2 Å². The lowest BCUT2D eigenvalue weighted by Crippen LogP contribution is -2.30. The predicted molar refractivity (Wildman–Crippen MR) is 134 cm³/mol. The highest BCUT2D eigenvalue weighted by molar-refractivity contribution is 6.07. The first-order chi connectivity index (χ1) is 15.6. The number of nitrogens with one attached hydrogen (secondary N) is 1. The highest BCUT2D eigenvalue weighted by Gasteiger charge is 2.19. The van der Waals surface area contributed by atoms with E-state index in [9.17, 15) is 4.79 Å². The van der Waals surface area contributed by atoms with Crippen molar-refractivity contribution in [3.63, 3.8) is 0 Å². The molecule has 1 aromatic carbocycles. The molecule has 1 aliphatic rings. The van der Waals surface area contributed by atoms with Gasteiger partial charge in [-0.3, -0.25) is 14.5 Å². The topological polar surface area (TPSA) is 102 Å². The third-order valence-corrected chi connectivity index (χ3v) is 5.79. The molecule has 3 N–H and O–H groups in total. The van der Waals surface area contributed by atoms with E-state index in [1.807, 2.05) is 31.4 Å². The molecule has 0 radical (unpaired) electrons. The summed E-state index contributed by atoms with van der Waals surface area (Å²) in [6.07, 6.45) is 8.81. The fraction of sp³-hybridized carbons (Fsp3) is 0.250. The number of nitrogens with two attached hydrogens (primary N) is 1. The van der Waals surface area contributed by atoms with Crippen LogP contribution in [0, 0.1) is 0 Å². The Bertz CT molecular complexity index is 1280. The lowest BCUT2D eigenvalue weighted by atomic mass is 10.1. The van der Waals surface area contributed by atoms with Crippen LogP contribution >= 0.6 is 12.4 Å². The van der Waals surface area contributed by atoms with E-state index in [1.165, 1.54) is 6.42 Å². The van der Waals surface area contributed by atoms with Gasteiger partial charge < -0.3 is 16.0 Å². The molecule has 5 rings (SSSR count). The highest BCUT2D eigenvalue weighted by atomic mass is 35.5. The van der Waals surface area contributed by atoms with E-state index in [0.29, 0.717) is 11.5 Å². The van der Waals surface area contributed by atoms with Crippen LogP contribution in [-0.4, -0.2) is 38.7 Å². The molecule has 4 aromatic rings. The third-order valence-electron chi connectivity index (χ3n) is 5.79. The Balaban J connectivity index is 0.00000259. The Hall–Kier alpha value is -3.65. The van der Waals surface area contributed by atoms with Crippen molar-refractivity contribution in [1.29, 1.82) is 0 Å². The fourth-order valence-electron chi connectivity index (χ4n) is 4.18. The van der Waals surface area contributed by atoms with Gasteiger partial charge in [0.25, 0.3) is 5.91 Å². The van der Waals surface area contributed by atoms with Gasteiger partial charge in [-0.05, 0) is 61.2 Å². The summed E-state index contributed by atoms with van der Waals surface area (Å²) >= 11 is 0. The molecule has 0 atom stereocenters. The van der Waals surface area contributed by atoms with Crippen LogP contribution in [-0.2, 0) is 7.05 Å². The van der Waals surface area contributed by atoms with E-state index in [-0.39, 0.29) is 18.3 Å². The Morgan fingerprint density at radius 2 is 1.85 bits per heavy atom. The Labute approximate surface area is 198 Å². The second-order valence-electron chi connectivity index (χ2n) is 8.13. The van der Waals surface area contributed by atoms with Crippen LogP contribution < -0.4 is 16.0 Å². The van der Waals surface area contributed by atoms with Crippen LogP contribution in [0.2, 0.25) is 0 Å². The zero-order valence-corrected chi connectivity index (χ0v) is 19.2. The molecule has 0 spiro atoms. The summed E-state index contributed by atoms with van der Waals surface area (Å²) in [6, 6.07) is 11.3. The van der Waals surface area contributed by atoms with Crippen LogP contribution in [0.5, 0.6) is 0 Å². The summed E-state index contributed by atoms with van der Waals surface area (Å²) in [6.45, 7) is 1.94. The number of pyridine rings is 2. The van der Waals surface area contributed by atoms with Crippen LogP contribution in [0.3, 0.4) is 0 Å². The quantitative estimate of drug-likeness (QED) is 0.468. The zero-order valence-electron chi connectivity index (χ0n) is 18.4. The highest BCUT2D eigenvalue weighted by Crippen LogP contribution is 2.33. The van der Waals surface area contributed by atoms with Gasteiger partial charge in [0.1, 0.15) is 11.5 Å². The van der Waals surface area contributed by atoms with Crippen molar-refractivity contribution in [3.05, 3.63) is 60.7 Å². The van der Waals surface area contributed by atoms with Gasteiger partial charge >= 0.3 is 0 Å². The maximum absolute atomic E-state index is 13.2. The Morgan fingerprint density at radius 3 is 2.61 bits per heavy atom. The van der Waals surface area contributed by atoms with Crippen molar-refractivity contribution >= 4 is 46.4 Å². The van der Waals surface area contributed by atoms with Crippen molar-refractivity contribution in [3.8, 4) is 11.1 Å². The number of fused-ring (bicyclic) bond motifs is 1. The largest absolute Gasteiger partial charge is 0.384 e. The summed E-state index contributed by atoms with van der Waals surface area (Å²) in [5.74, 6) is 0.202. The summed E-state index contributed by atoms with van der Waals surface area (Å²) < 4.78 is 1.79. The zero-order chi connectivity index (χ0) is 22.1. The lowest BCUT2D eigenvalue weighted by molar-refractivity contribution is 0.102. The number of carbonyl (C=O) groups is 1. The molecule has 1 amide bonds. The maximum atomic E-state index is 13.2. The minimum Gasteiger partial charge on any atom is -0.384 e. The molecule has 33 heavy (non-hydrogen) atoms. The van der Waals surface area contributed by atoms with E-state index in [2.05, 4.69) is 31.3 Å². The number of piperidine rings is 1.